The highest BCUT2D eigenvalue weighted by atomic mass is 32.2. The van der Waals surface area contributed by atoms with Crippen LogP contribution in [0.1, 0.15) is 31.1 Å². The van der Waals surface area contributed by atoms with Gasteiger partial charge in [0.25, 0.3) is 5.91 Å². The number of rotatable bonds is 4. The lowest BCUT2D eigenvalue weighted by atomic mass is 9.91. The number of nitrogens with one attached hydrogen (secondary N) is 1. The molecule has 0 aliphatic carbocycles. The minimum absolute atomic E-state index is 0.0762. The second-order valence-corrected chi connectivity index (χ2v) is 7.67. The molecule has 0 atom stereocenters. The predicted octanol–water partition coefficient (Wildman–Crippen LogP) is 1.44. The van der Waals surface area contributed by atoms with Crippen molar-refractivity contribution in [3.05, 3.63) is 29.8 Å². The summed E-state index contributed by atoms with van der Waals surface area (Å²) in [5.41, 5.74) is -0.309. The van der Waals surface area contributed by atoms with Crippen molar-refractivity contribution in [3.63, 3.8) is 0 Å². The second-order valence-electron chi connectivity index (χ2n) is 5.66. The third kappa shape index (κ3) is 4.45. The molecule has 0 unspecified atom stereocenters. The zero-order chi connectivity index (χ0) is 15.6. The quantitative estimate of drug-likeness (QED) is 0.911. The summed E-state index contributed by atoms with van der Waals surface area (Å²) in [5.74, 6) is -0.557. The van der Waals surface area contributed by atoms with Crippen LogP contribution in [0.5, 0.6) is 0 Å². The van der Waals surface area contributed by atoms with Crippen LogP contribution in [-0.4, -0.2) is 32.9 Å². The molecule has 20 heavy (non-hydrogen) atoms. The number of hydrogen-bond donors (Lipinski definition) is 1. The van der Waals surface area contributed by atoms with E-state index >= 15 is 0 Å². The van der Waals surface area contributed by atoms with E-state index in [9.17, 15) is 18.0 Å². The van der Waals surface area contributed by atoms with Crippen molar-refractivity contribution in [3.8, 4) is 0 Å². The first kappa shape index (κ1) is 16.4. The van der Waals surface area contributed by atoms with Gasteiger partial charge < -0.3 is 5.32 Å². The molecule has 0 aromatic heterocycles. The molecule has 0 saturated carbocycles. The fourth-order valence-electron chi connectivity index (χ4n) is 1.40. The molecule has 5 nitrogen and oxygen atoms in total. The van der Waals surface area contributed by atoms with Gasteiger partial charge in [-0.3, -0.25) is 9.59 Å². The first-order valence-electron chi connectivity index (χ1n) is 6.13. The first-order valence-corrected chi connectivity index (χ1v) is 8.02. The molecular weight excluding hydrogens is 278 g/mol. The van der Waals surface area contributed by atoms with Gasteiger partial charge in [-0.15, -0.1) is 0 Å². The normalized spacial score (nSPS) is 12.0. The molecule has 1 amide bonds. The van der Waals surface area contributed by atoms with Crippen LogP contribution in [0, 0.1) is 5.41 Å². The predicted molar refractivity (Wildman–Crippen MR) is 76.3 cm³/mol. The molecule has 110 valence electrons. The number of hydrogen-bond acceptors (Lipinski definition) is 4. The molecule has 1 rings (SSSR count). The van der Waals surface area contributed by atoms with Crippen molar-refractivity contribution in [1.29, 1.82) is 0 Å². The zero-order valence-electron chi connectivity index (χ0n) is 12.1. The largest absolute Gasteiger partial charge is 0.345 e. The molecule has 0 heterocycles. The van der Waals surface area contributed by atoms with Gasteiger partial charge in [0.15, 0.2) is 15.6 Å². The van der Waals surface area contributed by atoms with Gasteiger partial charge in [0.2, 0.25) is 0 Å². The van der Waals surface area contributed by atoms with Crippen molar-refractivity contribution in [2.75, 3.05) is 12.8 Å². The Morgan fingerprint density at radius 3 is 2.30 bits per heavy atom. The third-order valence-electron chi connectivity index (χ3n) is 2.77. The van der Waals surface area contributed by atoms with E-state index in [2.05, 4.69) is 5.32 Å². The van der Waals surface area contributed by atoms with Gasteiger partial charge in [-0.25, -0.2) is 8.42 Å². The summed E-state index contributed by atoms with van der Waals surface area (Å²) in [6, 6.07) is 5.72. The number of ketones is 1. The summed E-state index contributed by atoms with van der Waals surface area (Å²) in [5, 5.41) is 2.50. The van der Waals surface area contributed by atoms with E-state index < -0.39 is 21.2 Å². The number of Topliss-reactive ketones (excluding diaryl/α,β-unsaturated/α-hetero) is 1. The highest BCUT2D eigenvalue weighted by Gasteiger charge is 2.21. The van der Waals surface area contributed by atoms with Gasteiger partial charge >= 0.3 is 0 Å². The van der Waals surface area contributed by atoms with Gasteiger partial charge in [0, 0.05) is 17.2 Å². The number of benzene rings is 1. The number of sulfone groups is 1. The second kappa shape index (κ2) is 5.75. The van der Waals surface area contributed by atoms with Crippen molar-refractivity contribution >= 4 is 21.5 Å². The molecule has 0 radical (unpaired) electrons. The lowest BCUT2D eigenvalue weighted by Gasteiger charge is -2.16. The van der Waals surface area contributed by atoms with Gasteiger partial charge in [-0.1, -0.05) is 26.8 Å². The van der Waals surface area contributed by atoms with E-state index in [1.165, 1.54) is 24.3 Å². The lowest BCUT2D eigenvalue weighted by Crippen LogP contribution is -2.35. The van der Waals surface area contributed by atoms with Crippen molar-refractivity contribution in [2.45, 2.75) is 25.7 Å². The van der Waals surface area contributed by atoms with Crippen molar-refractivity contribution in [2.24, 2.45) is 5.41 Å². The smallest absolute Gasteiger partial charge is 0.251 e. The molecule has 0 saturated heterocycles. The van der Waals surface area contributed by atoms with E-state index in [1.54, 1.807) is 20.8 Å². The fourth-order valence-corrected chi connectivity index (χ4v) is 2.06. The van der Waals surface area contributed by atoms with Crippen LogP contribution in [-0.2, 0) is 14.6 Å². The summed E-state index contributed by atoms with van der Waals surface area (Å²) in [7, 11) is -3.36. The Kier molecular flexibility index (Phi) is 4.70. The Hall–Kier alpha value is -1.69. The maximum absolute atomic E-state index is 11.9. The molecule has 1 aromatic carbocycles. The van der Waals surface area contributed by atoms with Crippen LogP contribution < -0.4 is 5.32 Å². The first-order chi connectivity index (χ1) is 9.01. The Morgan fingerprint density at radius 2 is 1.80 bits per heavy atom. The molecule has 0 aliphatic heterocycles. The van der Waals surface area contributed by atoms with Gasteiger partial charge in [-0.2, -0.15) is 0 Å². The van der Waals surface area contributed by atoms with Crippen LogP contribution in [0.2, 0.25) is 0 Å². The molecule has 6 heteroatoms. The van der Waals surface area contributed by atoms with E-state index in [0.29, 0.717) is 0 Å². The molecule has 1 N–H and O–H groups in total. The maximum Gasteiger partial charge on any atom is 0.251 e. The molecule has 0 fully saturated rings. The number of amides is 1. The lowest BCUT2D eigenvalue weighted by molar-refractivity contribution is -0.125. The third-order valence-corrected chi connectivity index (χ3v) is 3.88. The van der Waals surface area contributed by atoms with Gasteiger partial charge in [-0.05, 0) is 18.2 Å². The molecule has 0 aliphatic rings. The van der Waals surface area contributed by atoms with Crippen molar-refractivity contribution < 1.29 is 18.0 Å². The minimum Gasteiger partial charge on any atom is -0.345 e. The molecule has 0 spiro atoms. The summed E-state index contributed by atoms with van der Waals surface area (Å²) in [4.78, 5) is 23.7. The fraction of sp³-hybridized carbons (Fsp3) is 0.429. The molecule has 0 bridgehead atoms. The summed E-state index contributed by atoms with van der Waals surface area (Å²) in [6.45, 7) is 5.23. The van der Waals surface area contributed by atoms with Crippen LogP contribution in [0.3, 0.4) is 0 Å². The van der Waals surface area contributed by atoms with Gasteiger partial charge in [0.1, 0.15) is 0 Å². The maximum atomic E-state index is 11.9. The highest BCUT2D eigenvalue weighted by Crippen LogP contribution is 2.14. The van der Waals surface area contributed by atoms with Crippen molar-refractivity contribution in [1.82, 2.24) is 5.32 Å². The van der Waals surface area contributed by atoms with Gasteiger partial charge in [0.05, 0.1) is 11.4 Å². The summed E-state index contributed by atoms with van der Waals surface area (Å²) < 4.78 is 22.8. The average molecular weight is 297 g/mol. The minimum atomic E-state index is -3.36. The number of carbonyl (C=O) groups is 2. The van der Waals surface area contributed by atoms with Crippen LogP contribution in [0.15, 0.2) is 29.2 Å². The monoisotopic (exact) mass is 297 g/mol. The van der Waals surface area contributed by atoms with E-state index in [1.807, 2.05) is 0 Å². The Labute approximate surface area is 119 Å². The zero-order valence-corrected chi connectivity index (χ0v) is 12.9. The highest BCUT2D eigenvalue weighted by molar-refractivity contribution is 7.90. The number of carbonyl (C=O) groups excluding carboxylic acids is 2. The Balaban J connectivity index is 2.82. The topological polar surface area (TPSA) is 80.3 Å². The van der Waals surface area contributed by atoms with Crippen LogP contribution >= 0.6 is 0 Å². The van der Waals surface area contributed by atoms with Crippen LogP contribution in [0.4, 0.5) is 0 Å². The summed E-state index contributed by atoms with van der Waals surface area (Å²) >= 11 is 0. The molecular formula is C14H19NO4S. The van der Waals surface area contributed by atoms with Crippen LogP contribution in [0.25, 0.3) is 0 Å². The Bertz CT molecular complexity index is 627. The molecule has 1 aromatic rings. The Morgan fingerprint density at radius 1 is 1.20 bits per heavy atom. The SMILES string of the molecule is CC(C)(C)C(=O)CNC(=O)c1cccc(S(C)(=O)=O)c1. The van der Waals surface area contributed by atoms with E-state index in [4.69, 9.17) is 0 Å². The average Bonchev–Trinajstić information content (AvgIpc) is 2.33. The van der Waals surface area contributed by atoms with E-state index in [0.717, 1.165) is 6.26 Å². The summed E-state index contributed by atoms with van der Waals surface area (Å²) in [6.07, 6.45) is 1.08. The van der Waals surface area contributed by atoms with E-state index in [-0.39, 0.29) is 22.8 Å². The standard InChI is InChI=1S/C14H19NO4S/c1-14(2,3)12(16)9-15-13(17)10-6-5-7-11(8-10)20(4,18)19/h5-8H,9H2,1-4H3,(H,15,17).